The number of hydrogen-bond acceptors (Lipinski definition) is 11. The third-order valence-electron chi connectivity index (χ3n) is 9.78. The molecule has 3 fully saturated rings. The van der Waals surface area contributed by atoms with Gasteiger partial charge in [0.1, 0.15) is 34.5 Å². The minimum Gasteiger partial charge on any atom is -0.480 e. The Kier molecular flexibility index (Phi) is 7.80. The number of carbonyl (C=O) groups is 1. The van der Waals surface area contributed by atoms with Gasteiger partial charge in [-0.05, 0) is 42.3 Å². The third-order valence-corrected chi connectivity index (χ3v) is 9.78. The van der Waals surface area contributed by atoms with Gasteiger partial charge >= 0.3 is 12.1 Å². The van der Waals surface area contributed by atoms with Crippen molar-refractivity contribution in [2.45, 2.75) is 49.9 Å². The van der Waals surface area contributed by atoms with E-state index < -0.39 is 35.7 Å². The van der Waals surface area contributed by atoms with E-state index in [0.29, 0.717) is 43.0 Å². The number of alkyl halides is 3. The lowest BCUT2D eigenvalue weighted by atomic mass is 9.90. The Hall–Kier alpha value is -4.99. The Bertz CT molecular complexity index is 2100. The molecule has 0 bridgehead atoms. The summed E-state index contributed by atoms with van der Waals surface area (Å²) in [6.07, 6.45) is -4.13. The van der Waals surface area contributed by atoms with Gasteiger partial charge in [-0.2, -0.15) is 13.2 Å². The predicted octanol–water partition coefficient (Wildman–Crippen LogP) is 5.05. The molecule has 12 nitrogen and oxygen atoms in total. The number of aliphatic hydroxyl groups excluding tert-OH is 1. The van der Waals surface area contributed by atoms with E-state index in [2.05, 4.69) is 14.9 Å². The number of benzene rings is 2. The number of aliphatic carboxylic acids is 1. The third kappa shape index (κ3) is 5.45. The topological polar surface area (TPSA) is 144 Å². The number of nitrogens with zero attached hydrogens (tertiary/aromatic N) is 5. The van der Waals surface area contributed by atoms with Crippen molar-refractivity contribution in [3.05, 3.63) is 72.2 Å². The Labute approximate surface area is 283 Å². The Morgan fingerprint density at radius 2 is 1.90 bits per heavy atom. The summed E-state index contributed by atoms with van der Waals surface area (Å²) in [6, 6.07) is 14.5. The average molecular weight is 692 g/mol. The highest BCUT2D eigenvalue weighted by atomic mass is 19.4. The van der Waals surface area contributed by atoms with Crippen molar-refractivity contribution in [3.8, 4) is 17.0 Å². The number of anilines is 2. The number of rotatable bonds is 7. The van der Waals surface area contributed by atoms with E-state index in [1.54, 1.807) is 30.5 Å². The fourth-order valence-corrected chi connectivity index (χ4v) is 7.05. The summed E-state index contributed by atoms with van der Waals surface area (Å²) in [5.74, 6) is -2.70. The molecule has 6 heterocycles. The van der Waals surface area contributed by atoms with Gasteiger partial charge in [-0.15, -0.1) is 0 Å². The van der Waals surface area contributed by atoms with Crippen molar-refractivity contribution < 1.29 is 46.8 Å². The van der Waals surface area contributed by atoms with Crippen LogP contribution in [-0.2, 0) is 27.1 Å². The molecule has 0 aliphatic carbocycles. The number of para-hydroxylation sites is 1. The molecule has 260 valence electrons. The molecule has 3 saturated heterocycles. The molecule has 0 amide bonds. The first kappa shape index (κ1) is 32.2. The maximum Gasteiger partial charge on any atom is 0.451 e. The first-order valence-electron chi connectivity index (χ1n) is 16.2. The van der Waals surface area contributed by atoms with Gasteiger partial charge in [0.05, 0.1) is 39.0 Å². The lowest BCUT2D eigenvalue weighted by Gasteiger charge is -2.53. The van der Waals surface area contributed by atoms with Crippen molar-refractivity contribution in [2.75, 3.05) is 42.7 Å². The molecular weight excluding hydrogens is 659 g/mol. The highest BCUT2D eigenvalue weighted by Gasteiger charge is 2.50. The molecule has 2 N–H and O–H groups in total. The van der Waals surface area contributed by atoms with Crippen molar-refractivity contribution >= 4 is 39.5 Å². The molecule has 2 aromatic carbocycles. The molecule has 1 spiro atoms. The van der Waals surface area contributed by atoms with Crippen LogP contribution >= 0.6 is 0 Å². The standard InChI is InChI=1S/C35H32F3N5O7/c1-19-34(17-47-18-34)48-10-9-42(19)25-12-22(21-6-4-5-20(11-21)16-44)14-39-31(25)49-23-13-26(32(45)46)43(15-23)30-29-28(40-33(41-30)35(36,37)38)24-7-2-3-8-27(24)50-29/h2-8,11-12,14,19,23,26,44H,9-10,13,15-18H2,1H3,(H,45,46)/t19-,23-,26-/m0/s1. The highest BCUT2D eigenvalue weighted by Crippen LogP contribution is 2.42. The molecule has 0 unspecified atom stereocenters. The number of furan rings is 1. The van der Waals surface area contributed by atoms with Crippen molar-refractivity contribution in [2.24, 2.45) is 0 Å². The summed E-state index contributed by atoms with van der Waals surface area (Å²) in [5.41, 5.74) is 2.65. The minimum absolute atomic E-state index is 0.0467. The zero-order chi connectivity index (χ0) is 34.8. The van der Waals surface area contributed by atoms with Crippen LogP contribution in [0.25, 0.3) is 33.2 Å². The zero-order valence-electron chi connectivity index (χ0n) is 26.8. The van der Waals surface area contributed by atoms with Crippen LogP contribution in [0.15, 0.2) is 65.2 Å². The summed E-state index contributed by atoms with van der Waals surface area (Å²) in [4.78, 5) is 28.4. The van der Waals surface area contributed by atoms with Crippen LogP contribution < -0.4 is 14.5 Å². The van der Waals surface area contributed by atoms with Gasteiger partial charge in [0, 0.05) is 30.1 Å². The molecular formula is C35H32F3N5O7. The molecule has 15 heteroatoms. The number of hydrogen-bond donors (Lipinski definition) is 2. The van der Waals surface area contributed by atoms with E-state index in [4.69, 9.17) is 23.6 Å². The summed E-state index contributed by atoms with van der Waals surface area (Å²) >= 11 is 0. The van der Waals surface area contributed by atoms with E-state index in [-0.39, 0.29) is 48.4 Å². The number of aromatic nitrogens is 3. The first-order valence-corrected chi connectivity index (χ1v) is 16.2. The quantitative estimate of drug-likeness (QED) is 0.236. The van der Waals surface area contributed by atoms with E-state index in [1.165, 1.54) is 4.90 Å². The largest absolute Gasteiger partial charge is 0.480 e. The maximum atomic E-state index is 14.1. The lowest BCUT2D eigenvalue weighted by molar-refractivity contribution is -0.228. The Morgan fingerprint density at radius 3 is 2.64 bits per heavy atom. The van der Waals surface area contributed by atoms with Crippen LogP contribution in [0, 0.1) is 0 Å². The van der Waals surface area contributed by atoms with Crippen molar-refractivity contribution in [1.29, 1.82) is 0 Å². The average Bonchev–Trinajstić information content (AvgIpc) is 3.69. The van der Waals surface area contributed by atoms with E-state index >= 15 is 0 Å². The number of aliphatic hydroxyl groups is 1. The van der Waals surface area contributed by atoms with Gasteiger partial charge in [-0.1, -0.05) is 30.3 Å². The monoisotopic (exact) mass is 691 g/mol. The number of carboxylic acid groups (broad SMARTS) is 1. The molecule has 0 radical (unpaired) electrons. The van der Waals surface area contributed by atoms with Gasteiger partial charge in [0.25, 0.3) is 0 Å². The fourth-order valence-electron chi connectivity index (χ4n) is 7.05. The SMILES string of the molecule is C[C@@H]1N(c2cc(-c3cccc(CO)c3)cnc2O[C@H]2C[C@@H](C(=O)O)N(c3nc(C(F)(F)F)nc4c3oc3ccccc34)C2)CCOC12COC2. The van der Waals surface area contributed by atoms with Crippen LogP contribution in [0.4, 0.5) is 24.7 Å². The second kappa shape index (κ2) is 12.1. The Morgan fingerprint density at radius 1 is 1.08 bits per heavy atom. The van der Waals surface area contributed by atoms with Crippen molar-refractivity contribution in [1.82, 2.24) is 15.0 Å². The molecule has 50 heavy (non-hydrogen) atoms. The smallest absolute Gasteiger partial charge is 0.451 e. The molecule has 8 rings (SSSR count). The summed E-state index contributed by atoms with van der Waals surface area (Å²) in [6.45, 7) is 3.60. The van der Waals surface area contributed by atoms with Crippen LogP contribution in [0.5, 0.6) is 5.88 Å². The van der Waals surface area contributed by atoms with Gasteiger partial charge < -0.3 is 38.6 Å². The highest BCUT2D eigenvalue weighted by molar-refractivity contribution is 6.06. The normalized spacial score (nSPS) is 22.0. The van der Waals surface area contributed by atoms with E-state index in [9.17, 15) is 28.2 Å². The molecule has 0 saturated carbocycles. The molecule has 5 aromatic rings. The van der Waals surface area contributed by atoms with Crippen LogP contribution in [0.1, 0.15) is 24.7 Å². The summed E-state index contributed by atoms with van der Waals surface area (Å²) in [5, 5.41) is 20.4. The molecule has 3 aromatic heterocycles. The second-order valence-electron chi connectivity index (χ2n) is 12.8. The second-order valence-corrected chi connectivity index (χ2v) is 12.8. The number of fused-ring (bicyclic) bond motifs is 3. The van der Waals surface area contributed by atoms with E-state index in [0.717, 1.165) is 16.7 Å². The van der Waals surface area contributed by atoms with Gasteiger partial charge in [0.15, 0.2) is 11.4 Å². The Balaban J connectivity index is 1.18. The number of halogens is 3. The summed E-state index contributed by atoms with van der Waals surface area (Å²) in [7, 11) is 0. The lowest BCUT2D eigenvalue weighted by Crippen LogP contribution is -2.68. The van der Waals surface area contributed by atoms with Gasteiger partial charge in [0.2, 0.25) is 11.7 Å². The molecule has 3 aliphatic heterocycles. The van der Waals surface area contributed by atoms with Crippen molar-refractivity contribution in [3.63, 3.8) is 0 Å². The fraction of sp³-hybridized carbons (Fsp3) is 0.371. The number of carboxylic acids is 1. The zero-order valence-corrected chi connectivity index (χ0v) is 26.8. The van der Waals surface area contributed by atoms with E-state index in [1.807, 2.05) is 37.3 Å². The number of ether oxygens (including phenoxy) is 3. The molecule has 3 atom stereocenters. The first-order chi connectivity index (χ1) is 24.0. The number of pyridine rings is 1. The predicted molar refractivity (Wildman–Crippen MR) is 174 cm³/mol. The van der Waals surface area contributed by atoms with Gasteiger partial charge in [-0.25, -0.2) is 19.7 Å². The van der Waals surface area contributed by atoms with Crippen LogP contribution in [-0.4, -0.2) is 87.8 Å². The van der Waals surface area contributed by atoms with Gasteiger partial charge in [-0.3, -0.25) is 0 Å². The summed E-state index contributed by atoms with van der Waals surface area (Å²) < 4.78 is 66.4. The van der Waals surface area contributed by atoms with Crippen LogP contribution in [0.2, 0.25) is 0 Å². The number of morpholine rings is 1. The minimum atomic E-state index is -4.90. The molecule has 3 aliphatic rings. The maximum absolute atomic E-state index is 14.1. The van der Waals surface area contributed by atoms with Crippen LogP contribution in [0.3, 0.4) is 0 Å².